The van der Waals surface area contributed by atoms with Crippen molar-refractivity contribution in [2.24, 2.45) is 0 Å². The van der Waals surface area contributed by atoms with Crippen molar-refractivity contribution >= 4 is 5.91 Å². The van der Waals surface area contributed by atoms with Crippen molar-refractivity contribution in [1.29, 1.82) is 0 Å². The van der Waals surface area contributed by atoms with Crippen LogP contribution in [0, 0.1) is 0 Å². The molecular formula is C14H17N5O3. The molecular weight excluding hydrogens is 286 g/mol. The second kappa shape index (κ2) is 6.42. The van der Waals surface area contributed by atoms with Gasteiger partial charge in [0, 0.05) is 37.5 Å². The van der Waals surface area contributed by atoms with Crippen LogP contribution >= 0.6 is 0 Å². The first-order chi connectivity index (χ1) is 10.7. The highest BCUT2D eigenvalue weighted by molar-refractivity contribution is 5.76. The minimum atomic E-state index is -0.0655. The first-order valence-electron chi connectivity index (χ1n) is 7.04. The molecule has 0 unspecified atom stereocenters. The minimum Gasteiger partial charge on any atom is -0.480 e. The maximum Gasteiger partial charge on any atom is 0.244 e. The Hall–Kier alpha value is -2.64. The Morgan fingerprint density at radius 1 is 1.36 bits per heavy atom. The highest BCUT2D eigenvalue weighted by Crippen LogP contribution is 2.17. The van der Waals surface area contributed by atoms with E-state index in [2.05, 4.69) is 15.3 Å². The van der Waals surface area contributed by atoms with Crippen LogP contribution in [-0.2, 0) is 11.3 Å². The van der Waals surface area contributed by atoms with E-state index in [4.69, 9.17) is 9.47 Å². The van der Waals surface area contributed by atoms with Crippen LogP contribution in [0.15, 0.2) is 30.6 Å². The number of aromatic nitrogens is 4. The van der Waals surface area contributed by atoms with E-state index in [1.807, 2.05) is 0 Å². The van der Waals surface area contributed by atoms with E-state index in [-0.39, 0.29) is 18.6 Å². The molecule has 0 bridgehead atoms. The molecule has 0 spiro atoms. The van der Waals surface area contributed by atoms with Gasteiger partial charge in [-0.25, -0.2) is 0 Å². The molecule has 8 heteroatoms. The zero-order chi connectivity index (χ0) is 15.4. The highest BCUT2D eigenvalue weighted by atomic mass is 16.5. The lowest BCUT2D eigenvalue weighted by Crippen LogP contribution is -2.33. The van der Waals surface area contributed by atoms with Gasteiger partial charge in [0.2, 0.25) is 17.7 Å². The van der Waals surface area contributed by atoms with E-state index >= 15 is 0 Å². The number of hydrogen-bond donors (Lipinski definition) is 0. The molecule has 1 amide bonds. The van der Waals surface area contributed by atoms with Gasteiger partial charge in [0.15, 0.2) is 0 Å². The maximum absolute atomic E-state index is 12.2. The molecule has 1 aliphatic heterocycles. The monoisotopic (exact) mass is 303 g/mol. The molecule has 1 saturated heterocycles. The molecule has 0 radical (unpaired) electrons. The molecule has 2 aromatic rings. The summed E-state index contributed by atoms with van der Waals surface area (Å²) in [5.74, 6) is 0.914. The molecule has 8 nitrogen and oxygen atoms in total. The molecule has 0 saturated carbocycles. The van der Waals surface area contributed by atoms with Gasteiger partial charge in [-0.15, -0.1) is 10.2 Å². The third-order valence-electron chi connectivity index (χ3n) is 3.47. The maximum atomic E-state index is 12.2. The Morgan fingerprint density at radius 3 is 2.86 bits per heavy atom. The SMILES string of the molecule is COc1ccc(O[C@@H]2CCN(C(=O)Cn3cccn3)C2)nn1. The Labute approximate surface area is 127 Å². The Kier molecular flexibility index (Phi) is 4.17. The number of methoxy groups -OCH3 is 1. The third-order valence-corrected chi connectivity index (χ3v) is 3.47. The lowest BCUT2D eigenvalue weighted by molar-refractivity contribution is -0.131. The molecule has 1 fully saturated rings. The van der Waals surface area contributed by atoms with E-state index in [0.29, 0.717) is 24.8 Å². The van der Waals surface area contributed by atoms with Gasteiger partial charge in [-0.2, -0.15) is 5.10 Å². The molecule has 3 heterocycles. The molecule has 116 valence electrons. The first-order valence-corrected chi connectivity index (χ1v) is 7.04. The molecule has 2 aromatic heterocycles. The molecule has 1 aliphatic rings. The van der Waals surface area contributed by atoms with Gasteiger partial charge >= 0.3 is 0 Å². The predicted octanol–water partition coefficient (Wildman–Crippen LogP) is 0.362. The lowest BCUT2D eigenvalue weighted by atomic mass is 10.3. The fraction of sp³-hybridized carbons (Fsp3) is 0.429. The Morgan fingerprint density at radius 2 is 2.18 bits per heavy atom. The van der Waals surface area contributed by atoms with Gasteiger partial charge < -0.3 is 14.4 Å². The predicted molar refractivity (Wildman–Crippen MR) is 76.4 cm³/mol. The van der Waals surface area contributed by atoms with E-state index in [1.54, 1.807) is 40.2 Å². The average molecular weight is 303 g/mol. The number of carbonyl (C=O) groups is 1. The van der Waals surface area contributed by atoms with Gasteiger partial charge in [-0.3, -0.25) is 9.48 Å². The molecule has 1 atom stereocenters. The van der Waals surface area contributed by atoms with Crippen LogP contribution in [-0.4, -0.2) is 57.1 Å². The summed E-state index contributed by atoms with van der Waals surface area (Å²) in [7, 11) is 1.53. The quantitative estimate of drug-likeness (QED) is 0.793. The smallest absolute Gasteiger partial charge is 0.244 e. The van der Waals surface area contributed by atoms with Crippen LogP contribution in [0.5, 0.6) is 11.8 Å². The molecule has 22 heavy (non-hydrogen) atoms. The summed E-state index contributed by atoms with van der Waals surface area (Å²) in [4.78, 5) is 13.9. The van der Waals surface area contributed by atoms with Crippen molar-refractivity contribution in [3.63, 3.8) is 0 Å². The summed E-state index contributed by atoms with van der Waals surface area (Å²) in [6.07, 6.45) is 4.14. The van der Waals surface area contributed by atoms with Gasteiger partial charge in [0.1, 0.15) is 12.6 Å². The fourth-order valence-electron chi connectivity index (χ4n) is 2.33. The van der Waals surface area contributed by atoms with Crippen molar-refractivity contribution in [3.8, 4) is 11.8 Å². The Bertz CT molecular complexity index is 614. The van der Waals surface area contributed by atoms with Gasteiger partial charge in [0.05, 0.1) is 13.7 Å². The van der Waals surface area contributed by atoms with E-state index < -0.39 is 0 Å². The zero-order valence-electron chi connectivity index (χ0n) is 12.3. The highest BCUT2D eigenvalue weighted by Gasteiger charge is 2.28. The number of carbonyl (C=O) groups excluding carboxylic acids is 1. The van der Waals surface area contributed by atoms with E-state index in [9.17, 15) is 4.79 Å². The number of likely N-dealkylation sites (tertiary alicyclic amines) is 1. The summed E-state index contributed by atoms with van der Waals surface area (Å²) >= 11 is 0. The van der Waals surface area contributed by atoms with Crippen LogP contribution in [0.1, 0.15) is 6.42 Å². The number of nitrogens with zero attached hydrogens (tertiary/aromatic N) is 5. The zero-order valence-corrected chi connectivity index (χ0v) is 12.3. The molecule has 0 aliphatic carbocycles. The summed E-state index contributed by atoms with van der Waals surface area (Å²) in [6, 6.07) is 5.20. The van der Waals surface area contributed by atoms with Crippen LogP contribution in [0.4, 0.5) is 0 Å². The standard InChI is InChI=1S/C14H17N5O3/c1-21-12-3-4-13(17-16-12)22-11-5-8-18(9-11)14(20)10-19-7-2-6-15-19/h2-4,6-7,11H,5,8-10H2,1H3/t11-/m1/s1. The molecule has 0 N–H and O–H groups in total. The van der Waals surface area contributed by atoms with E-state index in [1.165, 1.54) is 7.11 Å². The van der Waals surface area contributed by atoms with Gasteiger partial charge in [0.25, 0.3) is 0 Å². The lowest BCUT2D eigenvalue weighted by Gasteiger charge is -2.16. The van der Waals surface area contributed by atoms with Crippen molar-refractivity contribution in [1.82, 2.24) is 24.9 Å². The minimum absolute atomic E-state index is 0.0376. The second-order valence-corrected chi connectivity index (χ2v) is 4.99. The largest absolute Gasteiger partial charge is 0.480 e. The third kappa shape index (κ3) is 3.33. The van der Waals surface area contributed by atoms with Gasteiger partial charge in [-0.05, 0) is 6.07 Å². The van der Waals surface area contributed by atoms with Crippen molar-refractivity contribution < 1.29 is 14.3 Å². The fourth-order valence-corrected chi connectivity index (χ4v) is 2.33. The topological polar surface area (TPSA) is 82.4 Å². The number of hydrogen-bond acceptors (Lipinski definition) is 6. The normalized spacial score (nSPS) is 17.5. The number of rotatable bonds is 5. The van der Waals surface area contributed by atoms with E-state index in [0.717, 1.165) is 6.42 Å². The van der Waals surface area contributed by atoms with Gasteiger partial charge in [-0.1, -0.05) is 0 Å². The second-order valence-electron chi connectivity index (χ2n) is 4.99. The number of amides is 1. The summed E-state index contributed by atoms with van der Waals surface area (Å²) in [6.45, 7) is 1.48. The van der Waals surface area contributed by atoms with Crippen LogP contribution in [0.2, 0.25) is 0 Å². The Balaban J connectivity index is 1.52. The summed E-state index contributed by atoms with van der Waals surface area (Å²) in [5.41, 5.74) is 0. The summed E-state index contributed by atoms with van der Waals surface area (Å²) in [5, 5.41) is 11.8. The molecule has 3 rings (SSSR count). The van der Waals surface area contributed by atoms with Crippen molar-refractivity contribution in [2.75, 3.05) is 20.2 Å². The summed E-state index contributed by atoms with van der Waals surface area (Å²) < 4.78 is 12.3. The van der Waals surface area contributed by atoms with Crippen LogP contribution in [0.25, 0.3) is 0 Å². The van der Waals surface area contributed by atoms with Crippen molar-refractivity contribution in [3.05, 3.63) is 30.6 Å². The first kappa shape index (κ1) is 14.3. The van der Waals surface area contributed by atoms with Crippen molar-refractivity contribution in [2.45, 2.75) is 19.1 Å². The van der Waals surface area contributed by atoms with Crippen LogP contribution in [0.3, 0.4) is 0 Å². The van der Waals surface area contributed by atoms with Crippen LogP contribution < -0.4 is 9.47 Å². The average Bonchev–Trinajstić information content (AvgIpc) is 3.20. The number of ether oxygens (including phenoxy) is 2. The molecule has 0 aromatic carbocycles.